The van der Waals surface area contributed by atoms with Crippen LogP contribution in [0.3, 0.4) is 0 Å². The molecule has 154 valence electrons. The molecule has 0 unspecified atom stereocenters. The van der Waals surface area contributed by atoms with Crippen LogP contribution in [0.2, 0.25) is 0 Å². The van der Waals surface area contributed by atoms with Crippen molar-refractivity contribution in [3.63, 3.8) is 0 Å². The van der Waals surface area contributed by atoms with E-state index in [4.69, 9.17) is 21.9 Å². The minimum absolute atomic E-state index is 0.277. The smallest absolute Gasteiger partial charge is 0.208 e. The topological polar surface area (TPSA) is 132 Å². The first-order valence-electron chi connectivity index (χ1n) is 10.1. The lowest BCUT2D eigenvalue weighted by atomic mass is 9.84. The molecule has 3 rings (SSSR count). The van der Waals surface area contributed by atoms with E-state index in [0.717, 1.165) is 65.5 Å². The normalized spacial score (nSPS) is 13.7. The van der Waals surface area contributed by atoms with E-state index in [-0.39, 0.29) is 6.54 Å². The summed E-state index contributed by atoms with van der Waals surface area (Å²) in [6.07, 6.45) is 8.86. The molecule has 0 bridgehead atoms. The Bertz CT molecular complexity index is 933. The van der Waals surface area contributed by atoms with Gasteiger partial charge in [-0.25, -0.2) is 4.98 Å². The summed E-state index contributed by atoms with van der Waals surface area (Å²) < 4.78 is 0. The van der Waals surface area contributed by atoms with E-state index in [2.05, 4.69) is 4.99 Å². The fraction of sp³-hybridized carbons (Fsp3) is 0.409. The van der Waals surface area contributed by atoms with Crippen molar-refractivity contribution in [2.45, 2.75) is 39.5 Å². The SMILES string of the molecule is CCN.Cc1ccc2nc(/C(C=NCC[NH+]=O)=C/N)c3c(c2c1C=N)CCCC3. The molecule has 1 aromatic carbocycles. The first-order valence-corrected chi connectivity index (χ1v) is 10.1. The maximum Gasteiger partial charge on any atom is 0.208 e. The van der Waals surface area contributed by atoms with Crippen molar-refractivity contribution in [3.05, 3.63) is 51.2 Å². The molecule has 0 spiro atoms. The number of fused-ring (bicyclic) bond motifs is 3. The summed E-state index contributed by atoms with van der Waals surface area (Å²) in [4.78, 5) is 19.5. The number of allylic oxidation sites excluding steroid dienone is 1. The molecule has 7 heteroatoms. The van der Waals surface area contributed by atoms with Gasteiger partial charge in [-0.15, -0.1) is 0 Å². The Morgan fingerprint density at radius 1 is 1.31 bits per heavy atom. The number of hydrogen-bond donors (Lipinski definition) is 4. The average molecular weight is 396 g/mol. The van der Waals surface area contributed by atoms with Crippen LogP contribution in [0.4, 0.5) is 0 Å². The van der Waals surface area contributed by atoms with E-state index >= 15 is 0 Å². The number of nitroso groups, excluding NO2 is 1. The maximum absolute atomic E-state index is 10.3. The number of nitrogens with two attached hydrogens (primary N) is 2. The standard InChI is InChI=1S/C20H23N5O.C2H7N/c1-13-6-7-18-19(17(13)11-22)15-4-2-3-5-16(15)20(25-18)14(10-21)12-23-8-9-24-26;1-2-3/h6-7,10-12,22H,2-5,8-9,21H2,1H3;2-3H2,1H3/p+1/b14-10+,22-11?,23-12?;. The highest BCUT2D eigenvalue weighted by molar-refractivity contribution is 6.11. The Kier molecular flexibility index (Phi) is 8.61. The van der Waals surface area contributed by atoms with Gasteiger partial charge in [0.1, 0.15) is 6.54 Å². The zero-order chi connectivity index (χ0) is 21.2. The molecule has 0 fully saturated rings. The van der Waals surface area contributed by atoms with Crippen molar-refractivity contribution in [1.29, 1.82) is 5.41 Å². The summed E-state index contributed by atoms with van der Waals surface area (Å²) in [6, 6.07) is 4.03. The molecule has 2 aromatic rings. The minimum atomic E-state index is 0.277. The molecule has 0 saturated heterocycles. The molecule has 7 nitrogen and oxygen atoms in total. The van der Waals surface area contributed by atoms with E-state index in [9.17, 15) is 4.91 Å². The van der Waals surface area contributed by atoms with Crippen LogP contribution in [0.15, 0.2) is 23.3 Å². The zero-order valence-corrected chi connectivity index (χ0v) is 17.3. The van der Waals surface area contributed by atoms with Crippen molar-refractivity contribution in [2.75, 3.05) is 19.6 Å². The lowest BCUT2D eigenvalue weighted by Crippen LogP contribution is -2.65. The molecular formula is C22H31N6O+. The maximum atomic E-state index is 10.3. The summed E-state index contributed by atoms with van der Waals surface area (Å²) in [7, 11) is 0. The summed E-state index contributed by atoms with van der Waals surface area (Å²) >= 11 is 0. The van der Waals surface area contributed by atoms with E-state index < -0.39 is 0 Å². The third kappa shape index (κ3) is 5.12. The van der Waals surface area contributed by atoms with Gasteiger partial charge in [0.15, 0.2) is 0 Å². The Balaban J connectivity index is 0.000000941. The quantitative estimate of drug-likeness (QED) is 0.437. The van der Waals surface area contributed by atoms with Gasteiger partial charge in [-0.05, 0) is 67.1 Å². The Morgan fingerprint density at radius 2 is 2.00 bits per heavy atom. The van der Waals surface area contributed by atoms with Gasteiger partial charge < -0.3 is 16.9 Å². The predicted molar refractivity (Wildman–Crippen MR) is 120 cm³/mol. The van der Waals surface area contributed by atoms with Gasteiger partial charge in [-0.2, -0.15) is 0 Å². The fourth-order valence-electron chi connectivity index (χ4n) is 3.63. The van der Waals surface area contributed by atoms with Crippen LogP contribution in [0.25, 0.3) is 16.5 Å². The number of pyridine rings is 1. The van der Waals surface area contributed by atoms with Gasteiger partial charge >= 0.3 is 0 Å². The van der Waals surface area contributed by atoms with Gasteiger partial charge in [-0.1, -0.05) is 13.0 Å². The number of nitrogens with zero attached hydrogens (tertiary/aromatic N) is 2. The Morgan fingerprint density at radius 3 is 2.62 bits per heavy atom. The first-order chi connectivity index (χ1) is 14.1. The highest BCUT2D eigenvalue weighted by atomic mass is 16.3. The minimum Gasteiger partial charge on any atom is -0.404 e. The van der Waals surface area contributed by atoms with E-state index in [1.807, 2.05) is 31.2 Å². The summed E-state index contributed by atoms with van der Waals surface area (Å²) in [5, 5.41) is 10.8. The first kappa shape index (κ1) is 22.4. The second-order valence-electron chi connectivity index (χ2n) is 6.92. The van der Waals surface area contributed by atoms with Gasteiger partial charge in [0, 0.05) is 40.1 Å². The van der Waals surface area contributed by atoms with Crippen molar-refractivity contribution in [1.82, 2.24) is 4.98 Å². The van der Waals surface area contributed by atoms with Crippen molar-refractivity contribution in [2.24, 2.45) is 16.5 Å². The average Bonchev–Trinajstić information content (AvgIpc) is 2.74. The van der Waals surface area contributed by atoms with E-state index in [0.29, 0.717) is 6.54 Å². The zero-order valence-electron chi connectivity index (χ0n) is 17.3. The highest BCUT2D eigenvalue weighted by Crippen LogP contribution is 2.34. The summed E-state index contributed by atoms with van der Waals surface area (Å²) in [5.74, 6) is 0. The second-order valence-corrected chi connectivity index (χ2v) is 6.92. The largest absolute Gasteiger partial charge is 0.404 e. The predicted octanol–water partition coefficient (Wildman–Crippen LogP) is 1.60. The van der Waals surface area contributed by atoms with Crippen LogP contribution in [0, 0.1) is 17.2 Å². The molecule has 1 aliphatic carbocycles. The van der Waals surface area contributed by atoms with Gasteiger partial charge in [0.2, 0.25) is 6.54 Å². The molecule has 0 radical (unpaired) electrons. The monoisotopic (exact) mass is 395 g/mol. The van der Waals surface area contributed by atoms with Gasteiger partial charge in [-0.3, -0.25) is 4.99 Å². The third-order valence-corrected chi connectivity index (χ3v) is 4.90. The van der Waals surface area contributed by atoms with Gasteiger partial charge in [0.25, 0.3) is 0 Å². The van der Waals surface area contributed by atoms with Crippen LogP contribution in [-0.4, -0.2) is 37.0 Å². The molecule has 1 aromatic heterocycles. The Hall–Kier alpha value is -2.93. The molecule has 6 N–H and O–H groups in total. The fourth-order valence-corrected chi connectivity index (χ4v) is 3.63. The molecule has 0 saturated carbocycles. The van der Waals surface area contributed by atoms with Crippen LogP contribution in [0.5, 0.6) is 0 Å². The number of nitrogens with one attached hydrogen (secondary N) is 2. The summed E-state index contributed by atoms with van der Waals surface area (Å²) in [6.45, 7) is 5.36. The third-order valence-electron chi connectivity index (χ3n) is 4.90. The number of aromatic nitrogens is 1. The molecule has 0 atom stereocenters. The number of hydrogen-bond acceptors (Lipinski definition) is 6. The second kappa shape index (κ2) is 11.2. The number of benzene rings is 1. The molecule has 1 aliphatic rings. The van der Waals surface area contributed by atoms with E-state index in [1.165, 1.54) is 23.5 Å². The number of aryl methyl sites for hydroxylation is 2. The number of aliphatic imine (C=N–C) groups is 1. The van der Waals surface area contributed by atoms with Crippen LogP contribution < -0.4 is 16.6 Å². The molecule has 0 aliphatic heterocycles. The number of rotatable bonds is 6. The van der Waals surface area contributed by atoms with Crippen LogP contribution in [-0.2, 0) is 12.8 Å². The summed E-state index contributed by atoms with van der Waals surface area (Å²) in [5.41, 5.74) is 17.8. The molecular weight excluding hydrogens is 364 g/mol. The van der Waals surface area contributed by atoms with Crippen molar-refractivity contribution in [3.8, 4) is 0 Å². The lowest BCUT2D eigenvalue weighted by Gasteiger charge is -2.23. The van der Waals surface area contributed by atoms with Crippen molar-refractivity contribution < 1.29 is 5.18 Å². The molecule has 1 heterocycles. The van der Waals surface area contributed by atoms with Gasteiger partial charge in [0.05, 0.1) is 11.2 Å². The van der Waals surface area contributed by atoms with Crippen molar-refractivity contribution >= 4 is 28.9 Å². The van der Waals surface area contributed by atoms with Crippen LogP contribution in [0.1, 0.15) is 47.7 Å². The van der Waals surface area contributed by atoms with Crippen LogP contribution >= 0.6 is 0 Å². The highest BCUT2D eigenvalue weighted by Gasteiger charge is 2.21. The lowest BCUT2D eigenvalue weighted by molar-refractivity contribution is -0.477. The molecule has 29 heavy (non-hydrogen) atoms. The Labute approximate surface area is 171 Å². The molecule has 0 amide bonds. The van der Waals surface area contributed by atoms with E-state index in [1.54, 1.807) is 6.21 Å².